The molecule has 1 N–H and O–H groups in total. The molecule has 4 aromatic rings. The summed E-state index contributed by atoms with van der Waals surface area (Å²) in [5.41, 5.74) is 5.30. The average Bonchev–Trinajstić information content (AvgIpc) is 3.18. The Kier molecular flexibility index (Phi) is 4.09. The first kappa shape index (κ1) is 16.6. The van der Waals surface area contributed by atoms with Gasteiger partial charge in [0, 0.05) is 11.8 Å². The molecular weight excluding hydrogens is 350 g/mol. The van der Waals surface area contributed by atoms with Gasteiger partial charge >= 0.3 is 0 Å². The summed E-state index contributed by atoms with van der Waals surface area (Å²) in [4.78, 5) is 17.3. The predicted octanol–water partition coefficient (Wildman–Crippen LogP) is 3.62. The maximum atomic E-state index is 12.9. The molecule has 1 atom stereocenters. The fraction of sp³-hybridized carbons (Fsp3) is 0.182. The molecule has 0 saturated heterocycles. The van der Waals surface area contributed by atoms with Crippen LogP contribution in [0.1, 0.15) is 40.4 Å². The topological polar surface area (TPSA) is 72.7 Å². The number of carbonyl (C=O) groups is 1. The van der Waals surface area contributed by atoms with Gasteiger partial charge in [0.2, 0.25) is 0 Å². The van der Waals surface area contributed by atoms with Gasteiger partial charge in [-0.15, -0.1) is 5.10 Å². The number of carbonyl (C=O) groups excluding carboxylic acids is 1. The van der Waals surface area contributed by atoms with E-state index < -0.39 is 0 Å². The lowest BCUT2D eigenvalue weighted by Gasteiger charge is -2.26. The van der Waals surface area contributed by atoms with E-state index in [1.807, 2.05) is 42.5 Å². The number of hydrogen-bond acceptors (Lipinski definition) is 4. The SMILES string of the molecule is O=C(NC1CCCc2ccccc21)c1cccc(-n2nnc3cccnc32)c1. The van der Waals surface area contributed by atoms with Crippen LogP contribution >= 0.6 is 0 Å². The Morgan fingerprint density at radius 3 is 2.96 bits per heavy atom. The molecule has 2 aromatic carbocycles. The Morgan fingerprint density at radius 2 is 2.00 bits per heavy atom. The first-order valence-electron chi connectivity index (χ1n) is 9.45. The summed E-state index contributed by atoms with van der Waals surface area (Å²) in [5, 5.41) is 11.5. The smallest absolute Gasteiger partial charge is 0.251 e. The molecule has 6 heteroatoms. The van der Waals surface area contributed by atoms with E-state index in [2.05, 4.69) is 38.8 Å². The molecule has 0 spiro atoms. The summed E-state index contributed by atoms with van der Waals surface area (Å²) in [5.74, 6) is -0.0825. The fourth-order valence-electron chi connectivity index (χ4n) is 3.86. The maximum absolute atomic E-state index is 12.9. The molecule has 1 unspecified atom stereocenters. The van der Waals surface area contributed by atoms with Crippen molar-refractivity contribution in [1.82, 2.24) is 25.3 Å². The summed E-state index contributed by atoms with van der Waals surface area (Å²) in [6, 6.07) is 19.5. The van der Waals surface area contributed by atoms with Crippen LogP contribution in [0.2, 0.25) is 0 Å². The van der Waals surface area contributed by atoms with Crippen LogP contribution in [0.3, 0.4) is 0 Å². The lowest BCUT2D eigenvalue weighted by atomic mass is 9.87. The maximum Gasteiger partial charge on any atom is 0.251 e. The van der Waals surface area contributed by atoms with Crippen molar-refractivity contribution < 1.29 is 4.79 Å². The van der Waals surface area contributed by atoms with Crippen LogP contribution < -0.4 is 5.32 Å². The number of hydrogen-bond donors (Lipinski definition) is 1. The van der Waals surface area contributed by atoms with Crippen molar-refractivity contribution in [3.05, 3.63) is 83.6 Å². The molecule has 2 aromatic heterocycles. The molecule has 1 amide bonds. The van der Waals surface area contributed by atoms with Crippen molar-refractivity contribution in [2.75, 3.05) is 0 Å². The van der Waals surface area contributed by atoms with E-state index in [1.54, 1.807) is 10.9 Å². The molecule has 138 valence electrons. The minimum absolute atomic E-state index is 0.0509. The highest BCUT2D eigenvalue weighted by Crippen LogP contribution is 2.29. The van der Waals surface area contributed by atoms with Gasteiger partial charge in [-0.3, -0.25) is 4.79 Å². The van der Waals surface area contributed by atoms with Crippen LogP contribution in [0.15, 0.2) is 66.9 Å². The quantitative estimate of drug-likeness (QED) is 0.599. The first-order chi connectivity index (χ1) is 13.8. The van der Waals surface area contributed by atoms with E-state index in [1.165, 1.54) is 11.1 Å². The summed E-state index contributed by atoms with van der Waals surface area (Å²) in [7, 11) is 0. The molecule has 28 heavy (non-hydrogen) atoms. The zero-order chi connectivity index (χ0) is 18.9. The number of amides is 1. The Balaban J connectivity index is 1.43. The van der Waals surface area contributed by atoms with Gasteiger partial charge in [0.25, 0.3) is 5.91 Å². The molecule has 6 nitrogen and oxygen atoms in total. The summed E-state index contributed by atoms with van der Waals surface area (Å²) in [6.45, 7) is 0. The molecule has 0 bridgehead atoms. The average molecular weight is 369 g/mol. The van der Waals surface area contributed by atoms with Crippen molar-refractivity contribution in [2.24, 2.45) is 0 Å². The summed E-state index contributed by atoms with van der Waals surface area (Å²) < 4.78 is 1.65. The zero-order valence-corrected chi connectivity index (χ0v) is 15.2. The van der Waals surface area contributed by atoms with Gasteiger partial charge in [0.1, 0.15) is 5.52 Å². The van der Waals surface area contributed by atoms with Crippen molar-refractivity contribution in [3.8, 4) is 5.69 Å². The molecule has 0 saturated carbocycles. The highest BCUT2D eigenvalue weighted by Gasteiger charge is 2.22. The molecule has 0 aliphatic heterocycles. The number of nitrogens with one attached hydrogen (secondary N) is 1. The fourth-order valence-corrected chi connectivity index (χ4v) is 3.86. The Bertz CT molecular complexity index is 1170. The number of rotatable bonds is 3. The van der Waals surface area contributed by atoms with Gasteiger partial charge in [-0.05, 0) is 60.7 Å². The minimum Gasteiger partial charge on any atom is -0.345 e. The van der Waals surface area contributed by atoms with Crippen molar-refractivity contribution in [1.29, 1.82) is 0 Å². The molecule has 0 radical (unpaired) electrons. The third-order valence-electron chi connectivity index (χ3n) is 5.24. The van der Waals surface area contributed by atoms with E-state index in [4.69, 9.17) is 0 Å². The van der Waals surface area contributed by atoms with Crippen LogP contribution in [0, 0.1) is 0 Å². The Morgan fingerprint density at radius 1 is 1.07 bits per heavy atom. The third kappa shape index (κ3) is 2.93. The van der Waals surface area contributed by atoms with Gasteiger partial charge in [0.05, 0.1) is 11.7 Å². The van der Waals surface area contributed by atoms with E-state index in [-0.39, 0.29) is 11.9 Å². The Hall–Kier alpha value is -3.54. The van der Waals surface area contributed by atoms with Gasteiger partial charge in [-0.1, -0.05) is 35.5 Å². The first-order valence-corrected chi connectivity index (χ1v) is 9.45. The minimum atomic E-state index is -0.0825. The standard InChI is InChI=1S/C22H19N5O/c28-22(24-19-11-4-7-15-6-1-2-10-18(15)19)16-8-3-9-17(14-16)27-21-20(25-26-27)12-5-13-23-21/h1-3,5-6,8-10,12-14,19H,4,7,11H2,(H,24,28). The van der Waals surface area contributed by atoms with Crippen molar-refractivity contribution in [3.63, 3.8) is 0 Å². The molecule has 5 rings (SSSR count). The number of nitrogens with zero attached hydrogens (tertiary/aromatic N) is 4. The Labute approximate surface area is 162 Å². The van der Waals surface area contributed by atoms with E-state index in [0.29, 0.717) is 11.2 Å². The predicted molar refractivity (Wildman–Crippen MR) is 106 cm³/mol. The largest absolute Gasteiger partial charge is 0.345 e. The van der Waals surface area contributed by atoms with Crippen LogP contribution in [-0.2, 0) is 6.42 Å². The van der Waals surface area contributed by atoms with Gasteiger partial charge in [-0.2, -0.15) is 4.68 Å². The number of aromatic nitrogens is 4. The van der Waals surface area contributed by atoms with E-state index in [9.17, 15) is 4.79 Å². The molecular formula is C22H19N5O. The van der Waals surface area contributed by atoms with E-state index >= 15 is 0 Å². The highest BCUT2D eigenvalue weighted by atomic mass is 16.1. The number of aryl methyl sites for hydroxylation is 1. The van der Waals surface area contributed by atoms with Crippen molar-refractivity contribution >= 4 is 17.1 Å². The zero-order valence-electron chi connectivity index (χ0n) is 15.2. The van der Waals surface area contributed by atoms with Crippen LogP contribution in [0.4, 0.5) is 0 Å². The lowest BCUT2D eigenvalue weighted by molar-refractivity contribution is 0.0932. The lowest BCUT2D eigenvalue weighted by Crippen LogP contribution is -2.31. The second kappa shape index (κ2) is 6.88. The van der Waals surface area contributed by atoms with Gasteiger partial charge in [0.15, 0.2) is 5.65 Å². The summed E-state index contributed by atoms with van der Waals surface area (Å²) in [6.07, 6.45) is 4.82. The van der Waals surface area contributed by atoms with Crippen molar-refractivity contribution in [2.45, 2.75) is 25.3 Å². The van der Waals surface area contributed by atoms with E-state index in [0.717, 1.165) is 30.5 Å². The second-order valence-electron chi connectivity index (χ2n) is 7.01. The van der Waals surface area contributed by atoms with Crippen LogP contribution in [0.25, 0.3) is 16.9 Å². The normalized spacial score (nSPS) is 15.9. The molecule has 1 aliphatic carbocycles. The second-order valence-corrected chi connectivity index (χ2v) is 7.01. The highest BCUT2D eigenvalue weighted by molar-refractivity contribution is 5.95. The van der Waals surface area contributed by atoms with Gasteiger partial charge in [-0.25, -0.2) is 4.98 Å². The van der Waals surface area contributed by atoms with Gasteiger partial charge < -0.3 is 5.32 Å². The molecule has 0 fully saturated rings. The third-order valence-corrected chi connectivity index (χ3v) is 5.24. The number of pyridine rings is 1. The van der Waals surface area contributed by atoms with Crippen LogP contribution in [0.5, 0.6) is 0 Å². The monoisotopic (exact) mass is 369 g/mol. The van der Waals surface area contributed by atoms with Crippen LogP contribution in [-0.4, -0.2) is 25.9 Å². The molecule has 1 aliphatic rings. The summed E-state index contributed by atoms with van der Waals surface area (Å²) >= 11 is 0. The number of benzene rings is 2. The molecule has 2 heterocycles. The number of fused-ring (bicyclic) bond motifs is 2.